The molecule has 0 bridgehead atoms. The highest BCUT2D eigenvalue weighted by molar-refractivity contribution is 7.99. The fourth-order valence-electron chi connectivity index (χ4n) is 4.59. The van der Waals surface area contributed by atoms with Gasteiger partial charge in [-0.15, -0.1) is 0 Å². The maximum atomic E-state index is 6.26. The van der Waals surface area contributed by atoms with Gasteiger partial charge in [0, 0.05) is 12.6 Å². The summed E-state index contributed by atoms with van der Waals surface area (Å²) < 4.78 is 6.26. The summed E-state index contributed by atoms with van der Waals surface area (Å²) in [5.74, 6) is 4.47. The maximum absolute atomic E-state index is 6.26. The van der Waals surface area contributed by atoms with E-state index in [0.29, 0.717) is 0 Å². The van der Waals surface area contributed by atoms with Gasteiger partial charge in [-0.3, -0.25) is 0 Å². The average molecular weight is 283 g/mol. The van der Waals surface area contributed by atoms with Crippen molar-refractivity contribution in [3.63, 3.8) is 0 Å². The van der Waals surface area contributed by atoms with E-state index < -0.39 is 0 Å². The molecule has 0 amide bonds. The van der Waals surface area contributed by atoms with Crippen LogP contribution in [0.4, 0.5) is 0 Å². The van der Waals surface area contributed by atoms with Crippen LogP contribution < -0.4 is 5.32 Å². The molecule has 19 heavy (non-hydrogen) atoms. The highest BCUT2D eigenvalue weighted by Crippen LogP contribution is 2.45. The summed E-state index contributed by atoms with van der Waals surface area (Å²) in [7, 11) is 0. The number of hydrogen-bond acceptors (Lipinski definition) is 3. The van der Waals surface area contributed by atoms with Crippen molar-refractivity contribution in [2.45, 2.75) is 63.5 Å². The third-order valence-corrected chi connectivity index (χ3v) is 6.56. The van der Waals surface area contributed by atoms with Crippen molar-refractivity contribution >= 4 is 11.8 Å². The number of ether oxygens (including phenoxy) is 1. The molecule has 3 aliphatic rings. The molecule has 110 valence electrons. The lowest BCUT2D eigenvalue weighted by molar-refractivity contribution is -0.111. The fourth-order valence-corrected chi connectivity index (χ4v) is 5.83. The third kappa shape index (κ3) is 3.14. The van der Waals surface area contributed by atoms with Gasteiger partial charge in [-0.2, -0.15) is 11.8 Å². The topological polar surface area (TPSA) is 21.3 Å². The molecule has 0 aromatic heterocycles. The van der Waals surface area contributed by atoms with Crippen molar-refractivity contribution in [3.8, 4) is 0 Å². The minimum atomic E-state index is 0.271. The van der Waals surface area contributed by atoms with Crippen LogP contribution in [0.2, 0.25) is 0 Å². The molecule has 1 aliphatic carbocycles. The minimum absolute atomic E-state index is 0.271. The van der Waals surface area contributed by atoms with Crippen LogP contribution in [0.1, 0.15) is 51.9 Å². The van der Waals surface area contributed by atoms with Gasteiger partial charge >= 0.3 is 0 Å². The summed E-state index contributed by atoms with van der Waals surface area (Å²) in [6.07, 6.45) is 9.54. The van der Waals surface area contributed by atoms with Crippen molar-refractivity contribution < 1.29 is 4.74 Å². The van der Waals surface area contributed by atoms with E-state index in [4.69, 9.17) is 4.74 Å². The Morgan fingerprint density at radius 1 is 1.21 bits per heavy atom. The van der Waals surface area contributed by atoms with Gasteiger partial charge in [0.2, 0.25) is 0 Å². The van der Waals surface area contributed by atoms with E-state index in [9.17, 15) is 0 Å². The second kappa shape index (κ2) is 6.36. The van der Waals surface area contributed by atoms with E-state index in [1.807, 2.05) is 0 Å². The van der Waals surface area contributed by atoms with Crippen molar-refractivity contribution in [2.24, 2.45) is 11.8 Å². The van der Waals surface area contributed by atoms with Gasteiger partial charge in [-0.05, 0) is 68.4 Å². The van der Waals surface area contributed by atoms with Gasteiger partial charge in [0.15, 0.2) is 0 Å². The molecule has 1 spiro atoms. The molecular weight excluding hydrogens is 254 g/mol. The number of nitrogens with one attached hydrogen (secondary N) is 1. The van der Waals surface area contributed by atoms with Gasteiger partial charge in [0.1, 0.15) is 0 Å². The zero-order valence-corrected chi connectivity index (χ0v) is 13.1. The van der Waals surface area contributed by atoms with Gasteiger partial charge < -0.3 is 10.1 Å². The standard InChI is InChI=1S/C16H29NOS/c1-2-17-15-5-3-4-14(15)13-6-9-18-16(12-13)7-10-19-11-8-16/h13-15,17H,2-12H2,1H3. The third-order valence-electron chi connectivity index (χ3n) is 5.58. The van der Waals surface area contributed by atoms with E-state index in [0.717, 1.165) is 31.0 Å². The Morgan fingerprint density at radius 2 is 2.05 bits per heavy atom. The molecule has 3 unspecified atom stereocenters. The molecule has 3 atom stereocenters. The average Bonchev–Trinajstić information content (AvgIpc) is 2.88. The highest BCUT2D eigenvalue weighted by atomic mass is 32.2. The Hall–Kier alpha value is 0.270. The lowest BCUT2D eigenvalue weighted by Crippen LogP contribution is -2.46. The lowest BCUT2D eigenvalue weighted by atomic mass is 9.74. The van der Waals surface area contributed by atoms with E-state index in [-0.39, 0.29) is 5.60 Å². The van der Waals surface area contributed by atoms with Gasteiger partial charge in [-0.1, -0.05) is 13.3 Å². The summed E-state index contributed by atoms with van der Waals surface area (Å²) in [4.78, 5) is 0. The first-order valence-corrected chi connectivity index (χ1v) is 9.43. The number of thioether (sulfide) groups is 1. The largest absolute Gasteiger partial charge is 0.375 e. The molecule has 2 nitrogen and oxygen atoms in total. The molecule has 3 rings (SSSR count). The zero-order chi connectivity index (χ0) is 13.1. The quantitative estimate of drug-likeness (QED) is 0.857. The molecule has 0 aromatic rings. The Bertz CT molecular complexity index is 285. The molecule has 0 aromatic carbocycles. The van der Waals surface area contributed by atoms with Crippen molar-refractivity contribution in [1.29, 1.82) is 0 Å². The summed E-state index contributed by atoms with van der Waals surface area (Å²) in [5, 5.41) is 3.74. The first-order chi connectivity index (χ1) is 9.33. The molecule has 2 saturated heterocycles. The summed E-state index contributed by atoms with van der Waals surface area (Å²) in [6.45, 7) is 4.40. The van der Waals surface area contributed by atoms with Crippen molar-refractivity contribution in [1.82, 2.24) is 5.32 Å². The smallest absolute Gasteiger partial charge is 0.0701 e. The Labute approximate surface area is 122 Å². The fraction of sp³-hybridized carbons (Fsp3) is 1.00. The van der Waals surface area contributed by atoms with Gasteiger partial charge in [0.05, 0.1) is 5.60 Å². The number of hydrogen-bond donors (Lipinski definition) is 1. The van der Waals surface area contributed by atoms with Crippen molar-refractivity contribution in [2.75, 3.05) is 24.7 Å². The lowest BCUT2D eigenvalue weighted by Gasteiger charge is -2.45. The number of rotatable bonds is 3. The predicted octanol–water partition coefficient (Wildman–Crippen LogP) is 3.46. The van der Waals surface area contributed by atoms with Gasteiger partial charge in [-0.25, -0.2) is 0 Å². The normalized spacial score (nSPS) is 38.7. The Kier molecular flexibility index (Phi) is 4.76. The second-order valence-electron chi connectivity index (χ2n) is 6.66. The first kappa shape index (κ1) is 14.2. The molecule has 2 aliphatic heterocycles. The second-order valence-corrected chi connectivity index (χ2v) is 7.88. The molecule has 3 heteroatoms. The van der Waals surface area contributed by atoms with Crippen LogP contribution in [-0.4, -0.2) is 36.3 Å². The monoisotopic (exact) mass is 283 g/mol. The van der Waals surface area contributed by atoms with Crippen molar-refractivity contribution in [3.05, 3.63) is 0 Å². The van der Waals surface area contributed by atoms with Crippen LogP contribution in [0.5, 0.6) is 0 Å². The van der Waals surface area contributed by atoms with Crippen LogP contribution in [-0.2, 0) is 4.74 Å². The molecule has 2 heterocycles. The summed E-state index contributed by atoms with van der Waals surface area (Å²) in [6, 6.07) is 0.795. The zero-order valence-electron chi connectivity index (χ0n) is 12.3. The Morgan fingerprint density at radius 3 is 2.84 bits per heavy atom. The summed E-state index contributed by atoms with van der Waals surface area (Å²) >= 11 is 2.11. The van der Waals surface area contributed by atoms with E-state index >= 15 is 0 Å². The molecule has 1 saturated carbocycles. The highest BCUT2D eigenvalue weighted by Gasteiger charge is 2.43. The Balaban J connectivity index is 1.64. The van der Waals surface area contributed by atoms with Crippen LogP contribution in [0.15, 0.2) is 0 Å². The maximum Gasteiger partial charge on any atom is 0.0701 e. The molecule has 1 N–H and O–H groups in total. The molecular formula is C16H29NOS. The minimum Gasteiger partial charge on any atom is -0.375 e. The summed E-state index contributed by atoms with van der Waals surface area (Å²) in [5.41, 5.74) is 0.271. The molecule has 0 radical (unpaired) electrons. The van der Waals surface area contributed by atoms with Crippen LogP contribution in [0, 0.1) is 11.8 Å². The predicted molar refractivity (Wildman–Crippen MR) is 82.8 cm³/mol. The van der Waals surface area contributed by atoms with Crippen LogP contribution >= 0.6 is 11.8 Å². The van der Waals surface area contributed by atoms with E-state index in [1.165, 1.54) is 56.5 Å². The SMILES string of the molecule is CCNC1CCCC1C1CCOC2(CCSCC2)C1. The first-order valence-electron chi connectivity index (χ1n) is 8.28. The van der Waals surface area contributed by atoms with E-state index in [1.54, 1.807) is 0 Å². The van der Waals surface area contributed by atoms with E-state index in [2.05, 4.69) is 24.0 Å². The molecule has 3 fully saturated rings. The van der Waals surface area contributed by atoms with Crippen LogP contribution in [0.25, 0.3) is 0 Å². The van der Waals surface area contributed by atoms with Crippen LogP contribution in [0.3, 0.4) is 0 Å². The van der Waals surface area contributed by atoms with Gasteiger partial charge in [0.25, 0.3) is 0 Å².